The molecule has 0 saturated carbocycles. The molecule has 0 bridgehead atoms. The number of nitrogens with one attached hydrogen (secondary N) is 1. The molecular weight excluding hydrogens is 412 g/mol. The fourth-order valence-electron chi connectivity index (χ4n) is 3.06. The Morgan fingerprint density at radius 3 is 2.39 bits per heavy atom. The summed E-state index contributed by atoms with van der Waals surface area (Å²) >= 11 is 1.27. The van der Waals surface area contributed by atoms with Gasteiger partial charge in [0.2, 0.25) is 11.1 Å². The maximum atomic E-state index is 12.9. The number of amides is 1. The molecule has 0 aliphatic rings. The lowest BCUT2D eigenvalue weighted by atomic mass is 10.1. The highest BCUT2D eigenvalue weighted by Crippen LogP contribution is 2.32. The van der Waals surface area contributed by atoms with E-state index in [4.69, 9.17) is 8.83 Å². The molecule has 1 aromatic carbocycles. The van der Waals surface area contributed by atoms with Crippen molar-refractivity contribution in [1.82, 2.24) is 15.2 Å². The zero-order valence-electron chi connectivity index (χ0n) is 17.5. The van der Waals surface area contributed by atoms with Gasteiger partial charge in [0.15, 0.2) is 17.2 Å². The van der Waals surface area contributed by atoms with Crippen LogP contribution in [0, 0.1) is 13.8 Å². The lowest BCUT2D eigenvalue weighted by Gasteiger charge is -2.15. The van der Waals surface area contributed by atoms with Crippen LogP contribution in [0.3, 0.4) is 0 Å². The third-order valence-electron chi connectivity index (χ3n) is 4.74. The van der Waals surface area contributed by atoms with Crippen LogP contribution < -0.4 is 5.32 Å². The molecule has 3 aromatic heterocycles. The van der Waals surface area contributed by atoms with Gasteiger partial charge in [0.1, 0.15) is 5.69 Å². The van der Waals surface area contributed by atoms with Gasteiger partial charge in [-0.2, -0.15) is 0 Å². The van der Waals surface area contributed by atoms with Crippen molar-refractivity contribution in [1.29, 1.82) is 0 Å². The van der Waals surface area contributed by atoms with Gasteiger partial charge in [-0.05, 0) is 61.7 Å². The number of aromatic nitrogens is 3. The van der Waals surface area contributed by atoms with Gasteiger partial charge in [0.05, 0.1) is 17.8 Å². The van der Waals surface area contributed by atoms with Crippen molar-refractivity contribution < 1.29 is 13.6 Å². The van der Waals surface area contributed by atoms with Crippen LogP contribution in [-0.4, -0.2) is 26.3 Å². The average Bonchev–Trinajstić information content (AvgIpc) is 3.48. The summed E-state index contributed by atoms with van der Waals surface area (Å²) in [5, 5.41) is 11.6. The Labute approximate surface area is 184 Å². The van der Waals surface area contributed by atoms with Gasteiger partial charge in [0, 0.05) is 5.69 Å². The second-order valence-electron chi connectivity index (χ2n) is 7.07. The van der Waals surface area contributed by atoms with E-state index in [-0.39, 0.29) is 11.2 Å². The minimum Gasteiger partial charge on any atom is -0.463 e. The summed E-state index contributed by atoms with van der Waals surface area (Å²) < 4.78 is 11.0. The molecule has 0 saturated heterocycles. The van der Waals surface area contributed by atoms with Crippen molar-refractivity contribution in [3.8, 4) is 22.9 Å². The number of aryl methyl sites for hydroxylation is 2. The predicted molar refractivity (Wildman–Crippen MR) is 120 cm³/mol. The fraction of sp³-hybridized carbons (Fsp3) is 0.217. The van der Waals surface area contributed by atoms with Gasteiger partial charge in [-0.1, -0.05) is 30.8 Å². The summed E-state index contributed by atoms with van der Waals surface area (Å²) in [7, 11) is 0. The summed E-state index contributed by atoms with van der Waals surface area (Å²) in [5.41, 5.74) is 3.91. The van der Waals surface area contributed by atoms with E-state index in [9.17, 15) is 4.79 Å². The van der Waals surface area contributed by atoms with Crippen molar-refractivity contribution in [2.45, 2.75) is 37.6 Å². The highest BCUT2D eigenvalue weighted by molar-refractivity contribution is 8.00. The van der Waals surface area contributed by atoms with Gasteiger partial charge in [0.25, 0.3) is 0 Å². The molecule has 0 aliphatic carbocycles. The molecule has 4 aromatic rings. The van der Waals surface area contributed by atoms with Crippen LogP contribution in [0.4, 0.5) is 5.69 Å². The maximum Gasteiger partial charge on any atom is 0.237 e. The Balaban J connectivity index is 1.59. The molecular formula is C23H22N4O3S. The lowest BCUT2D eigenvalue weighted by Crippen LogP contribution is -2.25. The van der Waals surface area contributed by atoms with Crippen molar-refractivity contribution in [2.24, 2.45) is 0 Å². The summed E-state index contributed by atoms with van der Waals surface area (Å²) in [6.07, 6.45) is 3.75. The molecule has 1 unspecified atom stereocenters. The van der Waals surface area contributed by atoms with Gasteiger partial charge in [-0.25, -0.2) is 4.98 Å². The van der Waals surface area contributed by atoms with E-state index in [1.807, 2.05) is 39.0 Å². The largest absolute Gasteiger partial charge is 0.463 e. The van der Waals surface area contributed by atoms with E-state index in [2.05, 4.69) is 20.5 Å². The minimum atomic E-state index is -0.374. The Kier molecular flexibility index (Phi) is 6.18. The third-order valence-corrected chi connectivity index (χ3v) is 5.95. The number of anilines is 1. The van der Waals surface area contributed by atoms with Crippen LogP contribution in [0.5, 0.6) is 0 Å². The van der Waals surface area contributed by atoms with Crippen molar-refractivity contribution in [3.63, 3.8) is 0 Å². The van der Waals surface area contributed by atoms with Crippen LogP contribution >= 0.6 is 11.8 Å². The van der Waals surface area contributed by atoms with Gasteiger partial charge < -0.3 is 14.2 Å². The molecule has 1 amide bonds. The van der Waals surface area contributed by atoms with Crippen LogP contribution in [0.1, 0.15) is 24.5 Å². The highest BCUT2D eigenvalue weighted by Gasteiger charge is 2.23. The number of furan rings is 2. The molecule has 0 radical (unpaired) electrons. The van der Waals surface area contributed by atoms with Crippen LogP contribution in [0.2, 0.25) is 0 Å². The van der Waals surface area contributed by atoms with Gasteiger partial charge >= 0.3 is 0 Å². The second-order valence-corrected chi connectivity index (χ2v) is 8.24. The highest BCUT2D eigenvalue weighted by atomic mass is 32.2. The van der Waals surface area contributed by atoms with Gasteiger partial charge in [-0.3, -0.25) is 4.79 Å². The first-order valence-corrected chi connectivity index (χ1v) is 10.8. The predicted octanol–water partition coefficient (Wildman–Crippen LogP) is 5.52. The van der Waals surface area contributed by atoms with E-state index >= 15 is 0 Å². The molecule has 1 atom stereocenters. The number of nitrogens with zero attached hydrogens (tertiary/aromatic N) is 3. The molecule has 0 fully saturated rings. The SMILES string of the molecule is CCC(Sc1nnc(-c2ccco2)c(-c2ccco2)n1)C(=O)Nc1cc(C)ccc1C. The molecule has 8 heteroatoms. The standard InChI is InChI=1S/C23H22N4O3S/c1-4-19(22(28)24-16-13-14(2)9-10-15(16)3)31-23-25-20(17-7-5-11-29-17)21(26-27-23)18-8-6-12-30-18/h5-13,19H,4H2,1-3H3,(H,24,28). The monoisotopic (exact) mass is 434 g/mol. The smallest absolute Gasteiger partial charge is 0.237 e. The number of hydrogen-bond donors (Lipinski definition) is 1. The fourth-order valence-corrected chi connectivity index (χ4v) is 3.88. The Hall–Kier alpha value is -3.39. The topological polar surface area (TPSA) is 94.1 Å². The van der Waals surface area contributed by atoms with Crippen LogP contribution in [0.25, 0.3) is 22.9 Å². The maximum absolute atomic E-state index is 12.9. The summed E-state index contributed by atoms with van der Waals surface area (Å²) in [6.45, 7) is 5.93. The van der Waals surface area contributed by atoms with E-state index in [0.717, 1.165) is 16.8 Å². The first-order valence-electron chi connectivity index (χ1n) is 9.92. The zero-order valence-corrected chi connectivity index (χ0v) is 18.3. The Morgan fingerprint density at radius 1 is 1.03 bits per heavy atom. The normalized spacial score (nSPS) is 12.0. The number of hydrogen-bond acceptors (Lipinski definition) is 7. The molecule has 4 rings (SSSR count). The number of benzene rings is 1. The quantitative estimate of drug-likeness (QED) is 0.383. The first kappa shape index (κ1) is 20.9. The second kappa shape index (κ2) is 9.18. The zero-order chi connectivity index (χ0) is 21.8. The van der Waals surface area contributed by atoms with Crippen LogP contribution in [-0.2, 0) is 4.79 Å². The Morgan fingerprint density at radius 2 is 1.74 bits per heavy atom. The number of carbonyl (C=O) groups is 1. The van der Waals surface area contributed by atoms with E-state index in [0.29, 0.717) is 34.5 Å². The minimum absolute atomic E-state index is 0.0977. The molecule has 31 heavy (non-hydrogen) atoms. The summed E-state index contributed by atoms with van der Waals surface area (Å²) in [6, 6.07) is 13.1. The molecule has 3 heterocycles. The molecule has 0 aliphatic heterocycles. The molecule has 1 N–H and O–H groups in total. The van der Waals surface area contributed by atoms with Crippen molar-refractivity contribution >= 4 is 23.4 Å². The number of rotatable bonds is 7. The Bertz CT molecular complexity index is 1170. The lowest BCUT2D eigenvalue weighted by molar-refractivity contribution is -0.115. The molecule has 0 spiro atoms. The van der Waals surface area contributed by atoms with E-state index < -0.39 is 0 Å². The van der Waals surface area contributed by atoms with E-state index in [1.165, 1.54) is 11.8 Å². The average molecular weight is 435 g/mol. The third kappa shape index (κ3) is 4.69. The number of thioether (sulfide) groups is 1. The first-order chi connectivity index (χ1) is 15.0. The van der Waals surface area contributed by atoms with Crippen molar-refractivity contribution in [2.75, 3.05) is 5.32 Å². The summed E-state index contributed by atoms with van der Waals surface area (Å²) in [5.74, 6) is 0.998. The van der Waals surface area contributed by atoms with Crippen LogP contribution in [0.15, 0.2) is 69.0 Å². The number of carbonyl (C=O) groups excluding carboxylic acids is 1. The van der Waals surface area contributed by atoms with Gasteiger partial charge in [-0.15, -0.1) is 10.2 Å². The molecule has 158 valence electrons. The van der Waals surface area contributed by atoms with E-state index in [1.54, 1.807) is 36.8 Å². The summed E-state index contributed by atoms with van der Waals surface area (Å²) in [4.78, 5) is 17.6. The molecule has 7 nitrogen and oxygen atoms in total. The van der Waals surface area contributed by atoms with Crippen molar-refractivity contribution in [3.05, 3.63) is 66.1 Å².